The van der Waals surface area contributed by atoms with E-state index in [1.807, 2.05) is 11.8 Å². The smallest absolute Gasteiger partial charge is 0.243 e. The molecular formula is C23H36N4O4S. The van der Waals surface area contributed by atoms with Crippen molar-refractivity contribution in [2.75, 3.05) is 46.3 Å². The van der Waals surface area contributed by atoms with Gasteiger partial charge in [0, 0.05) is 39.1 Å². The molecule has 0 aromatic heterocycles. The Hall–Kier alpha value is -1.97. The molecule has 2 aliphatic rings. The molecule has 32 heavy (non-hydrogen) atoms. The first kappa shape index (κ1) is 24.7. The maximum atomic E-state index is 13.3. The lowest BCUT2D eigenvalue weighted by atomic mass is 9.98. The zero-order chi connectivity index (χ0) is 23.5. The number of benzene rings is 1. The third kappa shape index (κ3) is 4.70. The topological polar surface area (TPSA) is 90.0 Å². The first-order valence-corrected chi connectivity index (χ1v) is 13.0. The summed E-state index contributed by atoms with van der Waals surface area (Å²) < 4.78 is 28.0. The van der Waals surface area contributed by atoms with Gasteiger partial charge < -0.3 is 15.1 Å². The van der Waals surface area contributed by atoms with Crippen LogP contribution < -0.4 is 5.32 Å². The van der Waals surface area contributed by atoms with Crippen molar-refractivity contribution >= 4 is 21.8 Å². The molecule has 178 valence electrons. The van der Waals surface area contributed by atoms with Crippen LogP contribution in [0.5, 0.6) is 0 Å². The van der Waals surface area contributed by atoms with Crippen molar-refractivity contribution in [3.8, 4) is 0 Å². The van der Waals surface area contributed by atoms with Gasteiger partial charge in [-0.25, -0.2) is 8.42 Å². The van der Waals surface area contributed by atoms with E-state index >= 15 is 0 Å². The third-order valence-electron chi connectivity index (χ3n) is 7.08. The molecule has 1 heterocycles. The van der Waals surface area contributed by atoms with Gasteiger partial charge in [0.2, 0.25) is 21.8 Å². The van der Waals surface area contributed by atoms with E-state index in [1.165, 1.54) is 11.4 Å². The van der Waals surface area contributed by atoms with Gasteiger partial charge in [-0.1, -0.05) is 32.0 Å². The number of amides is 2. The lowest BCUT2D eigenvalue weighted by Gasteiger charge is -2.26. The molecule has 1 aromatic rings. The molecule has 1 aromatic carbocycles. The summed E-state index contributed by atoms with van der Waals surface area (Å²) in [7, 11) is -2.32. The molecule has 2 fully saturated rings. The quantitative estimate of drug-likeness (QED) is 0.565. The number of nitrogens with one attached hydrogen (secondary N) is 1. The summed E-state index contributed by atoms with van der Waals surface area (Å²) in [6.45, 7) is 10.4. The molecule has 0 radical (unpaired) electrons. The largest absolute Gasteiger partial charge is 0.358 e. The van der Waals surface area contributed by atoms with E-state index in [1.54, 1.807) is 30.3 Å². The van der Waals surface area contributed by atoms with Crippen LogP contribution in [0.3, 0.4) is 0 Å². The van der Waals surface area contributed by atoms with Crippen LogP contribution in [-0.2, 0) is 19.6 Å². The molecule has 1 saturated carbocycles. The summed E-state index contributed by atoms with van der Waals surface area (Å²) in [6.07, 6.45) is 1.00. The van der Waals surface area contributed by atoms with Gasteiger partial charge in [0.1, 0.15) is 6.04 Å². The van der Waals surface area contributed by atoms with Gasteiger partial charge >= 0.3 is 0 Å². The number of hydrogen-bond donors (Lipinski definition) is 1. The average molecular weight is 465 g/mol. The molecule has 1 N–H and O–H groups in total. The minimum atomic E-state index is -3.84. The summed E-state index contributed by atoms with van der Waals surface area (Å²) in [5.41, 5.74) is -0.460. The molecule has 1 aliphatic carbocycles. The number of carbonyl (C=O) groups is 2. The Morgan fingerprint density at radius 1 is 1.06 bits per heavy atom. The van der Waals surface area contributed by atoms with Crippen LogP contribution in [-0.4, -0.2) is 86.7 Å². The molecule has 0 bridgehead atoms. The van der Waals surface area contributed by atoms with Crippen LogP contribution in [0.1, 0.15) is 33.6 Å². The molecule has 3 rings (SSSR count). The zero-order valence-electron chi connectivity index (χ0n) is 19.6. The minimum Gasteiger partial charge on any atom is -0.358 e. The first-order valence-electron chi connectivity index (χ1n) is 11.5. The predicted molar refractivity (Wildman–Crippen MR) is 123 cm³/mol. The van der Waals surface area contributed by atoms with Crippen LogP contribution in [0.2, 0.25) is 0 Å². The second-order valence-electron chi connectivity index (χ2n) is 8.76. The molecule has 1 spiro atoms. The van der Waals surface area contributed by atoms with E-state index in [2.05, 4.69) is 24.1 Å². The third-order valence-corrected chi connectivity index (χ3v) is 8.95. The number of likely N-dealkylation sites (N-methyl/N-ethyl adjacent to an activating group) is 3. The van der Waals surface area contributed by atoms with Crippen molar-refractivity contribution in [3.63, 3.8) is 0 Å². The van der Waals surface area contributed by atoms with Crippen molar-refractivity contribution < 1.29 is 18.0 Å². The predicted octanol–water partition coefficient (Wildman–Crippen LogP) is 1.39. The van der Waals surface area contributed by atoms with Crippen LogP contribution in [0.4, 0.5) is 0 Å². The Morgan fingerprint density at radius 3 is 2.28 bits per heavy atom. The summed E-state index contributed by atoms with van der Waals surface area (Å²) in [4.78, 5) is 30.2. The van der Waals surface area contributed by atoms with Crippen LogP contribution in [0, 0.1) is 11.3 Å². The lowest BCUT2D eigenvalue weighted by Crippen LogP contribution is -2.44. The van der Waals surface area contributed by atoms with Gasteiger partial charge in [0.25, 0.3) is 0 Å². The molecule has 8 nitrogen and oxygen atoms in total. The average Bonchev–Trinajstić information content (AvgIpc) is 3.37. The Bertz CT molecular complexity index is 919. The first-order chi connectivity index (χ1) is 15.2. The molecule has 9 heteroatoms. The fourth-order valence-electron chi connectivity index (χ4n) is 4.89. The standard InChI is InChI=1S/C23H36N4O4S/c1-5-25(6-2)13-14-26(7-3)22(29)19-15-23(19)16-20(21(28)24-4)27(17-23)32(30,31)18-11-9-8-10-12-18/h8-12,19-20H,5-7,13-17H2,1-4H3,(H,24,28)/t19-,20+,23+/m1/s1. The van der Waals surface area contributed by atoms with Crippen molar-refractivity contribution in [3.05, 3.63) is 30.3 Å². The Labute approximate surface area is 192 Å². The highest BCUT2D eigenvalue weighted by Gasteiger charge is 2.66. The molecule has 3 atom stereocenters. The van der Waals surface area contributed by atoms with Gasteiger partial charge in [-0.05, 0) is 50.4 Å². The maximum absolute atomic E-state index is 13.3. The second kappa shape index (κ2) is 9.89. The van der Waals surface area contributed by atoms with Crippen molar-refractivity contribution in [1.82, 2.24) is 19.4 Å². The Balaban J connectivity index is 1.78. The highest BCUT2D eigenvalue weighted by molar-refractivity contribution is 7.89. The number of carbonyl (C=O) groups excluding carboxylic acids is 2. The van der Waals surface area contributed by atoms with Crippen LogP contribution in [0.25, 0.3) is 0 Å². The van der Waals surface area contributed by atoms with Crippen LogP contribution in [0.15, 0.2) is 35.2 Å². The summed E-state index contributed by atoms with van der Waals surface area (Å²) in [6, 6.07) is 7.39. The normalized spacial score (nSPS) is 25.3. The number of nitrogens with zero attached hydrogens (tertiary/aromatic N) is 3. The summed E-state index contributed by atoms with van der Waals surface area (Å²) in [5, 5.41) is 2.60. The van der Waals surface area contributed by atoms with Gasteiger partial charge in [-0.15, -0.1) is 0 Å². The van der Waals surface area contributed by atoms with E-state index < -0.39 is 21.5 Å². The second-order valence-corrected chi connectivity index (χ2v) is 10.7. The Morgan fingerprint density at radius 2 is 1.72 bits per heavy atom. The fourth-order valence-corrected chi connectivity index (χ4v) is 6.59. The number of sulfonamides is 1. The Kier molecular flexibility index (Phi) is 7.62. The van der Waals surface area contributed by atoms with E-state index in [4.69, 9.17) is 0 Å². The summed E-state index contributed by atoms with van der Waals surface area (Å²) in [5.74, 6) is -0.482. The van der Waals surface area contributed by atoms with Crippen molar-refractivity contribution in [2.45, 2.75) is 44.6 Å². The highest BCUT2D eigenvalue weighted by atomic mass is 32.2. The lowest BCUT2D eigenvalue weighted by molar-refractivity contribution is -0.133. The number of hydrogen-bond acceptors (Lipinski definition) is 5. The van der Waals surface area contributed by atoms with E-state index in [0.717, 1.165) is 19.6 Å². The minimum absolute atomic E-state index is 0.0780. The summed E-state index contributed by atoms with van der Waals surface area (Å²) >= 11 is 0. The zero-order valence-corrected chi connectivity index (χ0v) is 20.4. The van der Waals surface area contributed by atoms with Gasteiger partial charge in [-0.3, -0.25) is 9.59 Å². The molecular weight excluding hydrogens is 428 g/mol. The molecule has 1 aliphatic heterocycles. The fraction of sp³-hybridized carbons (Fsp3) is 0.652. The molecule has 2 amide bonds. The van der Waals surface area contributed by atoms with Gasteiger partial charge in [0.15, 0.2) is 0 Å². The van der Waals surface area contributed by atoms with Gasteiger partial charge in [0.05, 0.1) is 4.90 Å². The van der Waals surface area contributed by atoms with Crippen molar-refractivity contribution in [2.24, 2.45) is 11.3 Å². The number of rotatable bonds is 10. The molecule has 0 unspecified atom stereocenters. The van der Waals surface area contributed by atoms with Gasteiger partial charge in [-0.2, -0.15) is 4.31 Å². The van der Waals surface area contributed by atoms with E-state index in [0.29, 0.717) is 25.9 Å². The highest BCUT2D eigenvalue weighted by Crippen LogP contribution is 2.61. The molecule has 1 saturated heterocycles. The van der Waals surface area contributed by atoms with Crippen LogP contribution >= 0.6 is 0 Å². The van der Waals surface area contributed by atoms with Crippen molar-refractivity contribution in [1.29, 1.82) is 0 Å². The SMILES string of the molecule is CCN(CC)CCN(CC)C(=O)[C@H]1C[C@@]12C[C@@H](C(=O)NC)N(S(=O)(=O)c1ccccc1)C2. The van der Waals surface area contributed by atoms with E-state index in [-0.39, 0.29) is 29.2 Å². The monoisotopic (exact) mass is 464 g/mol. The van der Waals surface area contributed by atoms with E-state index in [9.17, 15) is 18.0 Å². The maximum Gasteiger partial charge on any atom is 0.243 e.